The summed E-state index contributed by atoms with van der Waals surface area (Å²) >= 11 is 0. The summed E-state index contributed by atoms with van der Waals surface area (Å²) in [5, 5.41) is 3.19. The highest BCUT2D eigenvalue weighted by Crippen LogP contribution is 2.25. The molecule has 0 aliphatic carbocycles. The van der Waals surface area contributed by atoms with E-state index in [0.717, 1.165) is 12.5 Å². The highest BCUT2D eigenvalue weighted by molar-refractivity contribution is 7.89. The first-order valence-electron chi connectivity index (χ1n) is 8.20. The molecule has 25 heavy (non-hydrogen) atoms. The van der Waals surface area contributed by atoms with E-state index < -0.39 is 15.8 Å². The summed E-state index contributed by atoms with van der Waals surface area (Å²) in [5.74, 6) is -0.317. The molecular weight excluding hydrogens is 371 g/mol. The zero-order chi connectivity index (χ0) is 17.2. The molecule has 2 saturated heterocycles. The van der Waals surface area contributed by atoms with Gasteiger partial charge in [0.15, 0.2) is 11.6 Å². The summed E-state index contributed by atoms with van der Waals surface area (Å²) in [6.07, 6.45) is 0.898. The van der Waals surface area contributed by atoms with Crippen molar-refractivity contribution in [1.29, 1.82) is 0 Å². The molecule has 0 aromatic heterocycles. The van der Waals surface area contributed by atoms with Gasteiger partial charge in [-0.2, -0.15) is 4.31 Å². The molecule has 0 radical (unpaired) electrons. The normalized spacial score (nSPS) is 24.7. The van der Waals surface area contributed by atoms with Gasteiger partial charge in [0.2, 0.25) is 10.0 Å². The molecule has 142 valence electrons. The number of sulfonamides is 1. The van der Waals surface area contributed by atoms with E-state index >= 15 is 0 Å². The maximum Gasteiger partial charge on any atom is 0.243 e. The van der Waals surface area contributed by atoms with Crippen molar-refractivity contribution in [2.75, 3.05) is 39.5 Å². The van der Waals surface area contributed by atoms with Crippen LogP contribution in [-0.2, 0) is 14.8 Å². The number of halogens is 2. The fraction of sp³-hybridized carbons (Fsp3) is 0.625. The van der Waals surface area contributed by atoms with Crippen molar-refractivity contribution in [2.45, 2.75) is 24.3 Å². The van der Waals surface area contributed by atoms with Gasteiger partial charge in [-0.1, -0.05) is 0 Å². The van der Waals surface area contributed by atoms with Crippen LogP contribution in [0.1, 0.15) is 13.3 Å². The summed E-state index contributed by atoms with van der Waals surface area (Å²) in [5.41, 5.74) is 0. The van der Waals surface area contributed by atoms with Crippen LogP contribution in [0.15, 0.2) is 23.1 Å². The van der Waals surface area contributed by atoms with Gasteiger partial charge in [0.25, 0.3) is 0 Å². The number of hydrogen-bond acceptors (Lipinski definition) is 5. The van der Waals surface area contributed by atoms with E-state index in [-0.39, 0.29) is 35.0 Å². The Morgan fingerprint density at radius 2 is 2.24 bits per heavy atom. The van der Waals surface area contributed by atoms with Crippen molar-refractivity contribution in [3.63, 3.8) is 0 Å². The molecule has 2 heterocycles. The van der Waals surface area contributed by atoms with Gasteiger partial charge in [0, 0.05) is 38.2 Å². The lowest BCUT2D eigenvalue weighted by atomic mass is 10.1. The first-order chi connectivity index (χ1) is 11.5. The molecule has 1 aromatic rings. The predicted molar refractivity (Wildman–Crippen MR) is 94.3 cm³/mol. The number of benzene rings is 1. The van der Waals surface area contributed by atoms with E-state index in [2.05, 4.69) is 5.32 Å². The number of nitrogens with zero attached hydrogens (tertiary/aromatic N) is 1. The maximum atomic E-state index is 14.2. The van der Waals surface area contributed by atoms with E-state index in [1.54, 1.807) is 0 Å². The largest absolute Gasteiger partial charge is 0.490 e. The van der Waals surface area contributed by atoms with Gasteiger partial charge < -0.3 is 14.8 Å². The van der Waals surface area contributed by atoms with E-state index in [0.29, 0.717) is 39.5 Å². The van der Waals surface area contributed by atoms with Crippen molar-refractivity contribution in [1.82, 2.24) is 9.62 Å². The number of piperazine rings is 1. The van der Waals surface area contributed by atoms with Gasteiger partial charge in [-0.05, 0) is 31.5 Å². The third-order valence-corrected chi connectivity index (χ3v) is 6.23. The predicted octanol–water partition coefficient (Wildman–Crippen LogP) is 1.65. The summed E-state index contributed by atoms with van der Waals surface area (Å²) in [7, 11) is -3.69. The summed E-state index contributed by atoms with van der Waals surface area (Å²) in [6.45, 7) is 4.97. The van der Waals surface area contributed by atoms with Crippen molar-refractivity contribution < 1.29 is 22.3 Å². The topological polar surface area (TPSA) is 67.9 Å². The molecule has 2 fully saturated rings. The van der Waals surface area contributed by atoms with Crippen LogP contribution in [0.4, 0.5) is 4.39 Å². The van der Waals surface area contributed by atoms with E-state index in [4.69, 9.17) is 9.47 Å². The monoisotopic (exact) mass is 394 g/mol. The van der Waals surface area contributed by atoms with E-state index in [1.165, 1.54) is 16.4 Å². The minimum atomic E-state index is -3.69. The molecule has 1 N–H and O–H groups in total. The van der Waals surface area contributed by atoms with Crippen molar-refractivity contribution >= 4 is 22.4 Å². The van der Waals surface area contributed by atoms with Crippen LogP contribution >= 0.6 is 12.4 Å². The van der Waals surface area contributed by atoms with Crippen LogP contribution in [0.25, 0.3) is 0 Å². The van der Waals surface area contributed by atoms with Gasteiger partial charge in [-0.25, -0.2) is 12.8 Å². The van der Waals surface area contributed by atoms with Crippen LogP contribution in [-0.4, -0.2) is 58.2 Å². The first-order valence-corrected chi connectivity index (χ1v) is 9.64. The SMILES string of the molecule is CC1CN(S(=O)(=O)c2ccc(OCC3CCOC3)c(F)c2)CCN1.Cl. The van der Waals surface area contributed by atoms with Crippen LogP contribution in [0, 0.1) is 11.7 Å². The molecule has 1 aromatic carbocycles. The van der Waals surface area contributed by atoms with E-state index in [9.17, 15) is 12.8 Å². The Kier molecular flexibility index (Phi) is 7.04. The zero-order valence-corrected chi connectivity index (χ0v) is 15.7. The molecule has 0 amide bonds. The minimum Gasteiger partial charge on any atom is -0.490 e. The van der Waals surface area contributed by atoms with Crippen LogP contribution in [0.3, 0.4) is 0 Å². The number of nitrogens with one attached hydrogen (secondary N) is 1. The molecule has 0 spiro atoms. The molecule has 0 saturated carbocycles. The standard InChI is InChI=1S/C16H23FN2O4S.ClH/c1-12-9-19(6-5-18-12)24(20,21)14-2-3-16(15(17)8-14)23-11-13-4-7-22-10-13;/h2-3,8,12-13,18H,4-7,9-11H2,1H3;1H. The Balaban J connectivity index is 0.00000225. The lowest BCUT2D eigenvalue weighted by Crippen LogP contribution is -2.51. The second kappa shape index (κ2) is 8.64. The zero-order valence-electron chi connectivity index (χ0n) is 14.1. The Morgan fingerprint density at radius 1 is 1.44 bits per heavy atom. The van der Waals surface area contributed by atoms with Crippen molar-refractivity contribution in [3.8, 4) is 5.75 Å². The Hall–Kier alpha value is -0.930. The fourth-order valence-electron chi connectivity index (χ4n) is 2.95. The van der Waals surface area contributed by atoms with Crippen molar-refractivity contribution in [2.24, 2.45) is 5.92 Å². The highest BCUT2D eigenvalue weighted by Gasteiger charge is 2.29. The molecular formula is C16H24ClFN2O4S. The first kappa shape index (κ1) is 20.4. The summed E-state index contributed by atoms with van der Waals surface area (Å²) in [4.78, 5) is -0.0364. The second-order valence-corrected chi connectivity index (χ2v) is 8.29. The third-order valence-electron chi connectivity index (χ3n) is 4.37. The number of ether oxygens (including phenoxy) is 2. The van der Waals surface area contributed by atoms with E-state index in [1.807, 2.05) is 6.92 Å². The Bertz CT molecular complexity index is 683. The average molecular weight is 395 g/mol. The van der Waals surface area contributed by atoms with Crippen molar-refractivity contribution in [3.05, 3.63) is 24.0 Å². The lowest BCUT2D eigenvalue weighted by Gasteiger charge is -2.31. The molecule has 2 aliphatic heterocycles. The minimum absolute atomic E-state index is 0. The highest BCUT2D eigenvalue weighted by atomic mass is 35.5. The summed E-state index contributed by atoms with van der Waals surface area (Å²) in [6, 6.07) is 3.92. The smallest absolute Gasteiger partial charge is 0.243 e. The molecule has 6 nitrogen and oxygen atoms in total. The average Bonchev–Trinajstić information content (AvgIpc) is 3.07. The van der Waals surface area contributed by atoms with Gasteiger partial charge in [0.05, 0.1) is 18.1 Å². The number of rotatable bonds is 5. The van der Waals surface area contributed by atoms with Crippen LogP contribution < -0.4 is 10.1 Å². The van der Waals surface area contributed by atoms with Gasteiger partial charge in [0.1, 0.15) is 0 Å². The number of hydrogen-bond donors (Lipinski definition) is 1. The van der Waals surface area contributed by atoms with Crippen LogP contribution in [0.2, 0.25) is 0 Å². The third kappa shape index (κ3) is 4.83. The lowest BCUT2D eigenvalue weighted by molar-refractivity contribution is 0.165. The second-order valence-electron chi connectivity index (χ2n) is 6.35. The molecule has 0 bridgehead atoms. The molecule has 2 aliphatic rings. The maximum absolute atomic E-state index is 14.2. The van der Waals surface area contributed by atoms with Gasteiger partial charge in [-0.3, -0.25) is 0 Å². The molecule has 2 unspecified atom stereocenters. The van der Waals surface area contributed by atoms with Gasteiger partial charge in [-0.15, -0.1) is 12.4 Å². The fourth-order valence-corrected chi connectivity index (χ4v) is 4.49. The Labute approximate surface area is 154 Å². The summed E-state index contributed by atoms with van der Waals surface area (Å²) < 4.78 is 51.6. The van der Waals surface area contributed by atoms with Crippen LogP contribution in [0.5, 0.6) is 5.75 Å². The molecule has 3 rings (SSSR count). The molecule has 9 heteroatoms. The Morgan fingerprint density at radius 3 is 2.88 bits per heavy atom. The molecule has 2 atom stereocenters. The van der Waals surface area contributed by atoms with Gasteiger partial charge >= 0.3 is 0 Å². The quantitative estimate of drug-likeness (QED) is 0.822.